The lowest BCUT2D eigenvalue weighted by molar-refractivity contribution is -0.122. The minimum Gasteiger partial charge on any atom is -0.481 e. The zero-order valence-corrected chi connectivity index (χ0v) is 18.1. The van der Waals surface area contributed by atoms with Gasteiger partial charge in [0.15, 0.2) is 6.10 Å². The molecule has 0 saturated heterocycles. The Balaban J connectivity index is 2.27. The molecule has 0 aliphatic heterocycles. The predicted molar refractivity (Wildman–Crippen MR) is 113 cm³/mol. The minimum absolute atomic E-state index is 0.115. The molecular formula is C23H27NO6. The Labute approximate surface area is 176 Å². The van der Waals surface area contributed by atoms with Crippen molar-refractivity contribution >= 4 is 23.5 Å². The third kappa shape index (κ3) is 5.37. The summed E-state index contributed by atoms with van der Waals surface area (Å²) in [6.07, 6.45) is -0.886. The molecule has 0 saturated carbocycles. The number of nitrogens with one attached hydrogen (secondary N) is 1. The third-order valence-electron chi connectivity index (χ3n) is 4.61. The summed E-state index contributed by atoms with van der Waals surface area (Å²) in [6.45, 7) is 7.62. The Bertz CT molecular complexity index is 916. The molecule has 0 aliphatic carbocycles. The summed E-state index contributed by atoms with van der Waals surface area (Å²) < 4.78 is 15.2. The fourth-order valence-corrected chi connectivity index (χ4v) is 2.96. The first kappa shape index (κ1) is 22.9. The number of para-hydroxylation sites is 1. The van der Waals surface area contributed by atoms with E-state index in [1.165, 1.54) is 32.4 Å². The Hall–Kier alpha value is -3.35. The summed E-state index contributed by atoms with van der Waals surface area (Å²) in [7, 11) is 2.47. The molecule has 0 unspecified atom stereocenters. The van der Waals surface area contributed by atoms with Crippen molar-refractivity contribution in [1.29, 1.82) is 0 Å². The number of carbonyl (C=O) groups is 3. The van der Waals surface area contributed by atoms with Gasteiger partial charge in [0, 0.05) is 5.69 Å². The molecule has 1 atom stereocenters. The van der Waals surface area contributed by atoms with Crippen LogP contribution in [0.5, 0.6) is 5.75 Å². The molecule has 7 heteroatoms. The van der Waals surface area contributed by atoms with Crippen LogP contribution in [0.2, 0.25) is 0 Å². The number of esters is 2. The Morgan fingerprint density at radius 3 is 1.97 bits per heavy atom. The normalized spacial score (nSPS) is 11.6. The fourth-order valence-electron chi connectivity index (χ4n) is 2.96. The van der Waals surface area contributed by atoms with E-state index in [1.807, 2.05) is 25.1 Å². The van der Waals surface area contributed by atoms with E-state index in [4.69, 9.17) is 14.2 Å². The van der Waals surface area contributed by atoms with Gasteiger partial charge in [-0.3, -0.25) is 4.79 Å². The van der Waals surface area contributed by atoms with E-state index >= 15 is 0 Å². The second kappa shape index (κ2) is 9.91. The standard InChI is InChI=1S/C23H27NO6/c1-13(2)19-9-7-8-14(3)20(19)24-21(25)15(4)30-18-11-16(22(26)28-5)10-17(12-18)23(27)29-6/h7-13,15H,1-6H3,(H,24,25)/t15-/m0/s1. The van der Waals surface area contributed by atoms with E-state index in [1.54, 1.807) is 6.92 Å². The van der Waals surface area contributed by atoms with Gasteiger partial charge in [0.2, 0.25) is 0 Å². The average Bonchev–Trinajstić information content (AvgIpc) is 2.73. The van der Waals surface area contributed by atoms with E-state index in [2.05, 4.69) is 19.2 Å². The molecule has 0 fully saturated rings. The molecule has 30 heavy (non-hydrogen) atoms. The number of ether oxygens (including phenoxy) is 3. The van der Waals surface area contributed by atoms with E-state index in [0.29, 0.717) is 0 Å². The maximum Gasteiger partial charge on any atom is 0.338 e. The molecule has 0 spiro atoms. The van der Waals surface area contributed by atoms with Gasteiger partial charge in [0.25, 0.3) is 5.91 Å². The quantitative estimate of drug-likeness (QED) is 0.688. The summed E-state index contributed by atoms with van der Waals surface area (Å²) in [5.74, 6) is -1.21. The third-order valence-corrected chi connectivity index (χ3v) is 4.61. The number of methoxy groups -OCH3 is 2. The second-order valence-electron chi connectivity index (χ2n) is 7.17. The van der Waals surface area contributed by atoms with E-state index in [9.17, 15) is 14.4 Å². The molecule has 160 valence electrons. The lowest BCUT2D eigenvalue weighted by atomic mass is 9.98. The van der Waals surface area contributed by atoms with Gasteiger partial charge in [-0.15, -0.1) is 0 Å². The molecule has 2 rings (SSSR count). The van der Waals surface area contributed by atoms with Crippen molar-refractivity contribution in [2.24, 2.45) is 0 Å². The molecule has 0 radical (unpaired) electrons. The van der Waals surface area contributed by atoms with Crippen LogP contribution in [0.3, 0.4) is 0 Å². The first-order valence-corrected chi connectivity index (χ1v) is 9.56. The van der Waals surface area contributed by atoms with Crippen LogP contribution < -0.4 is 10.1 Å². The zero-order chi connectivity index (χ0) is 22.4. The molecule has 1 amide bonds. The summed E-state index contributed by atoms with van der Waals surface area (Å²) in [6, 6.07) is 10.0. The van der Waals surface area contributed by atoms with Crippen LogP contribution in [0.1, 0.15) is 58.5 Å². The average molecular weight is 413 g/mol. The molecule has 1 N–H and O–H groups in total. The molecule has 0 aliphatic rings. The van der Waals surface area contributed by atoms with Crippen molar-refractivity contribution in [3.8, 4) is 5.75 Å². The van der Waals surface area contributed by atoms with E-state index in [-0.39, 0.29) is 28.7 Å². The van der Waals surface area contributed by atoms with Crippen molar-refractivity contribution in [3.63, 3.8) is 0 Å². The first-order valence-electron chi connectivity index (χ1n) is 9.56. The highest BCUT2D eigenvalue weighted by atomic mass is 16.5. The highest BCUT2D eigenvalue weighted by molar-refractivity contribution is 5.97. The number of hydrogen-bond acceptors (Lipinski definition) is 6. The summed E-state index contributed by atoms with van der Waals surface area (Å²) in [5.41, 5.74) is 2.96. The highest BCUT2D eigenvalue weighted by Gasteiger charge is 2.21. The molecular weight excluding hydrogens is 386 g/mol. The van der Waals surface area contributed by atoms with Crippen LogP contribution in [-0.2, 0) is 14.3 Å². The Morgan fingerprint density at radius 2 is 1.47 bits per heavy atom. The SMILES string of the molecule is COC(=O)c1cc(O[C@@H](C)C(=O)Nc2c(C)cccc2C(C)C)cc(C(=O)OC)c1. The number of carbonyl (C=O) groups excluding carboxylic acids is 3. The largest absolute Gasteiger partial charge is 0.481 e. The van der Waals surface area contributed by atoms with Gasteiger partial charge in [-0.2, -0.15) is 0 Å². The smallest absolute Gasteiger partial charge is 0.338 e. The van der Waals surface area contributed by atoms with Crippen LogP contribution in [-0.4, -0.2) is 38.2 Å². The summed E-state index contributed by atoms with van der Waals surface area (Å²) >= 11 is 0. The molecule has 0 aromatic heterocycles. The first-order chi connectivity index (χ1) is 14.2. The van der Waals surface area contributed by atoms with E-state index < -0.39 is 18.0 Å². The van der Waals surface area contributed by atoms with Crippen molar-refractivity contribution in [3.05, 3.63) is 58.7 Å². The van der Waals surface area contributed by atoms with E-state index in [0.717, 1.165) is 16.8 Å². The monoisotopic (exact) mass is 413 g/mol. The topological polar surface area (TPSA) is 90.9 Å². The maximum absolute atomic E-state index is 12.8. The predicted octanol–water partition coefficient (Wildman–Crippen LogP) is 4.10. The molecule has 2 aromatic rings. The Morgan fingerprint density at radius 1 is 0.900 bits per heavy atom. The number of aryl methyl sites for hydroxylation is 1. The van der Waals surface area contributed by atoms with Crippen molar-refractivity contribution in [2.45, 2.75) is 39.7 Å². The van der Waals surface area contributed by atoms with Crippen LogP contribution in [0.15, 0.2) is 36.4 Å². The number of hydrogen-bond donors (Lipinski definition) is 1. The van der Waals surface area contributed by atoms with Gasteiger partial charge in [0.1, 0.15) is 5.75 Å². The zero-order valence-electron chi connectivity index (χ0n) is 18.1. The number of anilines is 1. The molecule has 7 nitrogen and oxygen atoms in total. The maximum atomic E-state index is 12.8. The molecule has 0 bridgehead atoms. The van der Waals surface area contributed by atoms with Gasteiger partial charge >= 0.3 is 11.9 Å². The lowest BCUT2D eigenvalue weighted by Gasteiger charge is -2.20. The highest BCUT2D eigenvalue weighted by Crippen LogP contribution is 2.28. The lowest BCUT2D eigenvalue weighted by Crippen LogP contribution is -2.31. The fraction of sp³-hybridized carbons (Fsp3) is 0.348. The van der Waals surface area contributed by atoms with Crippen LogP contribution in [0.25, 0.3) is 0 Å². The number of amides is 1. The molecule has 2 aromatic carbocycles. The van der Waals surface area contributed by atoms with Crippen molar-refractivity contribution in [2.75, 3.05) is 19.5 Å². The summed E-state index contributed by atoms with van der Waals surface area (Å²) in [5, 5.41) is 2.93. The minimum atomic E-state index is -0.886. The van der Waals surface area contributed by atoms with Gasteiger partial charge < -0.3 is 19.5 Å². The van der Waals surface area contributed by atoms with Gasteiger partial charge in [-0.1, -0.05) is 32.0 Å². The molecule has 0 heterocycles. The van der Waals surface area contributed by atoms with Crippen LogP contribution in [0.4, 0.5) is 5.69 Å². The second-order valence-corrected chi connectivity index (χ2v) is 7.17. The van der Waals surface area contributed by atoms with Gasteiger partial charge in [0.05, 0.1) is 25.3 Å². The number of benzene rings is 2. The van der Waals surface area contributed by atoms with Gasteiger partial charge in [-0.05, 0) is 49.1 Å². The van der Waals surface area contributed by atoms with Crippen LogP contribution in [0, 0.1) is 6.92 Å². The number of rotatable bonds is 7. The van der Waals surface area contributed by atoms with Crippen LogP contribution >= 0.6 is 0 Å². The van der Waals surface area contributed by atoms with Gasteiger partial charge in [-0.25, -0.2) is 9.59 Å². The Kier molecular flexibility index (Phi) is 7.58. The van der Waals surface area contributed by atoms with Crippen molar-refractivity contribution < 1.29 is 28.6 Å². The van der Waals surface area contributed by atoms with Crippen molar-refractivity contribution in [1.82, 2.24) is 0 Å². The summed E-state index contributed by atoms with van der Waals surface area (Å²) in [4.78, 5) is 36.6.